The zero-order valence-corrected chi connectivity index (χ0v) is 7.96. The summed E-state index contributed by atoms with van der Waals surface area (Å²) in [5.41, 5.74) is 0. The molecule has 0 rings (SSSR count). The van der Waals surface area contributed by atoms with Crippen LogP contribution in [-0.4, -0.2) is 11.5 Å². The van der Waals surface area contributed by atoms with Crippen molar-refractivity contribution in [1.82, 2.24) is 0 Å². The minimum atomic E-state index is 0.283. The van der Waals surface area contributed by atoms with E-state index in [0.29, 0.717) is 0 Å². The number of hydrogen-bond acceptors (Lipinski definition) is 2. The summed E-state index contributed by atoms with van der Waals surface area (Å²) in [7, 11) is 0. The van der Waals surface area contributed by atoms with Crippen LogP contribution < -0.4 is 0 Å². The number of rotatable bonds is 2. The van der Waals surface area contributed by atoms with Crippen molar-refractivity contribution in [2.75, 3.05) is 0 Å². The molecule has 0 atom stereocenters. The summed E-state index contributed by atoms with van der Waals surface area (Å²) in [5, 5.41) is 0. The first-order valence-electron chi connectivity index (χ1n) is 3.27. The summed E-state index contributed by atoms with van der Waals surface area (Å²) < 4.78 is 0.283. The van der Waals surface area contributed by atoms with Gasteiger partial charge in [-0.15, -0.1) is 11.8 Å². The fraction of sp³-hybridized carbons (Fsp3) is 0.625. The second-order valence-electron chi connectivity index (χ2n) is 3.14. The molecule has 0 aliphatic carbocycles. The number of hydrogen-bond donors (Lipinski definition) is 0. The minimum absolute atomic E-state index is 0.283. The summed E-state index contributed by atoms with van der Waals surface area (Å²) in [5.74, 6) is 0. The monoisotopic (exact) mass is 157 g/mol. The first-order chi connectivity index (χ1) is 4.45. The molecule has 0 amide bonds. The maximum Gasteiger partial charge on any atom is 0.0353 e. The molecule has 1 nitrogen and oxygen atoms in total. The third kappa shape index (κ3) is 5.89. The average molecular weight is 157 g/mol. The molecule has 0 N–H and O–H groups in total. The molecule has 0 aromatic heterocycles. The molecule has 0 aliphatic heterocycles. The molecule has 0 aromatic rings. The summed E-state index contributed by atoms with van der Waals surface area (Å²) in [6.45, 7) is 12.0. The van der Waals surface area contributed by atoms with E-state index in [1.54, 1.807) is 6.20 Å². The van der Waals surface area contributed by atoms with E-state index in [4.69, 9.17) is 0 Å². The predicted molar refractivity (Wildman–Crippen MR) is 50.7 cm³/mol. The second-order valence-corrected chi connectivity index (χ2v) is 5.21. The van der Waals surface area contributed by atoms with E-state index in [1.807, 2.05) is 18.7 Å². The van der Waals surface area contributed by atoms with Gasteiger partial charge in [0.05, 0.1) is 0 Å². The summed E-state index contributed by atoms with van der Waals surface area (Å²) in [6.07, 6.45) is 1.79. The molecule has 0 saturated heterocycles. The van der Waals surface area contributed by atoms with Crippen LogP contribution >= 0.6 is 11.8 Å². The van der Waals surface area contributed by atoms with Gasteiger partial charge in [0.15, 0.2) is 0 Å². The molecule has 0 bridgehead atoms. The minimum Gasteiger partial charge on any atom is -0.272 e. The SMILES string of the molecule is C=N/C=C(/C)SC(C)(C)C. The van der Waals surface area contributed by atoms with Crippen molar-refractivity contribution in [1.29, 1.82) is 0 Å². The molecule has 2 heteroatoms. The maximum absolute atomic E-state index is 3.69. The van der Waals surface area contributed by atoms with Gasteiger partial charge in [0.25, 0.3) is 0 Å². The molecule has 0 unspecified atom stereocenters. The lowest BCUT2D eigenvalue weighted by molar-refractivity contribution is 0.806. The van der Waals surface area contributed by atoms with Crippen molar-refractivity contribution < 1.29 is 0 Å². The Bertz CT molecular complexity index is 142. The molecule has 0 aliphatic rings. The Morgan fingerprint density at radius 3 is 2.30 bits per heavy atom. The fourth-order valence-electron chi connectivity index (χ4n) is 0.638. The van der Waals surface area contributed by atoms with E-state index in [0.717, 1.165) is 0 Å². The molecule has 0 fully saturated rings. The van der Waals surface area contributed by atoms with E-state index in [-0.39, 0.29) is 4.75 Å². The van der Waals surface area contributed by atoms with E-state index in [2.05, 4.69) is 32.5 Å². The molecular formula is C8H15NS. The molecular weight excluding hydrogens is 142 g/mol. The lowest BCUT2D eigenvalue weighted by atomic mass is 10.3. The van der Waals surface area contributed by atoms with Crippen LogP contribution in [0.5, 0.6) is 0 Å². The van der Waals surface area contributed by atoms with Crippen LogP contribution in [0.1, 0.15) is 27.7 Å². The van der Waals surface area contributed by atoms with E-state index < -0.39 is 0 Å². The maximum atomic E-state index is 3.69. The van der Waals surface area contributed by atoms with E-state index in [9.17, 15) is 0 Å². The fourth-order valence-corrected chi connectivity index (χ4v) is 1.73. The third-order valence-electron chi connectivity index (χ3n) is 0.740. The normalized spacial score (nSPS) is 13.4. The highest BCUT2D eigenvalue weighted by molar-refractivity contribution is 8.04. The van der Waals surface area contributed by atoms with Gasteiger partial charge < -0.3 is 0 Å². The molecule has 10 heavy (non-hydrogen) atoms. The Labute approximate surface area is 67.6 Å². The second kappa shape index (κ2) is 3.81. The van der Waals surface area contributed by atoms with Gasteiger partial charge >= 0.3 is 0 Å². The van der Waals surface area contributed by atoms with Crippen LogP contribution in [0.4, 0.5) is 0 Å². The van der Waals surface area contributed by atoms with Gasteiger partial charge in [0.2, 0.25) is 0 Å². The Kier molecular flexibility index (Phi) is 3.72. The highest BCUT2D eigenvalue weighted by Gasteiger charge is 2.10. The molecule has 58 valence electrons. The van der Waals surface area contributed by atoms with Gasteiger partial charge in [-0.3, -0.25) is 4.99 Å². The zero-order valence-electron chi connectivity index (χ0n) is 7.14. The van der Waals surface area contributed by atoms with Crippen molar-refractivity contribution in [3.05, 3.63) is 11.1 Å². The van der Waals surface area contributed by atoms with Crippen molar-refractivity contribution in [3.8, 4) is 0 Å². The van der Waals surface area contributed by atoms with Crippen molar-refractivity contribution in [2.45, 2.75) is 32.4 Å². The molecule has 0 radical (unpaired) electrons. The van der Waals surface area contributed by atoms with Gasteiger partial charge in [0.1, 0.15) is 0 Å². The Morgan fingerprint density at radius 1 is 1.50 bits per heavy atom. The predicted octanol–water partition coefficient (Wildman–Crippen LogP) is 3.08. The smallest absolute Gasteiger partial charge is 0.0353 e. The first-order valence-corrected chi connectivity index (χ1v) is 4.09. The van der Waals surface area contributed by atoms with Crippen LogP contribution in [0.15, 0.2) is 16.1 Å². The average Bonchev–Trinajstić information content (AvgIpc) is 1.59. The van der Waals surface area contributed by atoms with Gasteiger partial charge in [-0.1, -0.05) is 20.8 Å². The van der Waals surface area contributed by atoms with E-state index >= 15 is 0 Å². The quantitative estimate of drug-likeness (QED) is 0.561. The number of aliphatic imine (C=N–C) groups is 1. The largest absolute Gasteiger partial charge is 0.272 e. The Balaban J connectivity index is 3.91. The Morgan fingerprint density at radius 2 is 2.00 bits per heavy atom. The van der Waals surface area contributed by atoms with Crippen LogP contribution in [0.3, 0.4) is 0 Å². The van der Waals surface area contributed by atoms with E-state index in [1.165, 1.54) is 4.91 Å². The highest BCUT2D eigenvalue weighted by Crippen LogP contribution is 2.30. The summed E-state index contributed by atoms with van der Waals surface area (Å²) in [6, 6.07) is 0. The highest BCUT2D eigenvalue weighted by atomic mass is 32.2. The standard InChI is InChI=1S/C8H15NS/c1-7(6-9-5)10-8(2,3)4/h6H,5H2,1-4H3/b7-6-. The van der Waals surface area contributed by atoms with Crippen LogP contribution in [0, 0.1) is 0 Å². The third-order valence-corrected chi connectivity index (χ3v) is 1.78. The lowest BCUT2D eigenvalue weighted by Gasteiger charge is -2.16. The van der Waals surface area contributed by atoms with Gasteiger partial charge in [-0.2, -0.15) is 0 Å². The van der Waals surface area contributed by atoms with Crippen molar-refractivity contribution in [3.63, 3.8) is 0 Å². The molecule has 0 heterocycles. The lowest BCUT2D eigenvalue weighted by Crippen LogP contribution is -2.06. The van der Waals surface area contributed by atoms with Crippen molar-refractivity contribution in [2.24, 2.45) is 4.99 Å². The molecule has 0 spiro atoms. The zero-order chi connectivity index (χ0) is 8.20. The van der Waals surface area contributed by atoms with Crippen LogP contribution in [0.25, 0.3) is 0 Å². The number of thioether (sulfide) groups is 1. The van der Waals surface area contributed by atoms with Gasteiger partial charge in [-0.25, -0.2) is 0 Å². The van der Waals surface area contributed by atoms with Crippen molar-refractivity contribution >= 4 is 18.5 Å². The van der Waals surface area contributed by atoms with Crippen LogP contribution in [0.2, 0.25) is 0 Å². The molecule has 0 saturated carbocycles. The summed E-state index contributed by atoms with van der Waals surface area (Å²) >= 11 is 1.81. The first kappa shape index (κ1) is 9.76. The number of nitrogens with zero attached hydrogens (tertiary/aromatic N) is 1. The van der Waals surface area contributed by atoms with Gasteiger partial charge in [-0.05, 0) is 13.6 Å². The topological polar surface area (TPSA) is 12.4 Å². The molecule has 0 aromatic carbocycles. The van der Waals surface area contributed by atoms with Gasteiger partial charge in [0, 0.05) is 15.9 Å². The van der Waals surface area contributed by atoms with Crippen LogP contribution in [-0.2, 0) is 0 Å². The summed E-state index contributed by atoms with van der Waals surface area (Å²) in [4.78, 5) is 4.90. The Hall–Kier alpha value is -0.240. The number of allylic oxidation sites excluding steroid dienone is 1.